The number of hydrogen-bond acceptors (Lipinski definition) is 4. The Bertz CT molecular complexity index is 756. The Balaban J connectivity index is 2.72. The number of esters is 1. The van der Waals surface area contributed by atoms with Gasteiger partial charge in [-0.3, -0.25) is 0 Å². The minimum Gasteiger partial charge on any atom is -0.465 e. The van der Waals surface area contributed by atoms with Gasteiger partial charge in [0.25, 0.3) is 0 Å². The lowest BCUT2D eigenvalue weighted by atomic mass is 10.1. The van der Waals surface area contributed by atoms with Crippen molar-refractivity contribution in [3.63, 3.8) is 0 Å². The average Bonchev–Trinajstić information content (AvgIpc) is 2.67. The highest BCUT2D eigenvalue weighted by Crippen LogP contribution is 2.28. The SMILES string of the molecule is COC(=O)c1c(C)n(C(=O)OC(C)(C)C)c2ccc(F)cc12. The van der Waals surface area contributed by atoms with Crippen molar-refractivity contribution in [2.24, 2.45) is 0 Å². The summed E-state index contributed by atoms with van der Waals surface area (Å²) in [5.74, 6) is -1.13. The van der Waals surface area contributed by atoms with Crippen LogP contribution in [0.5, 0.6) is 0 Å². The van der Waals surface area contributed by atoms with Crippen LogP contribution < -0.4 is 0 Å². The Morgan fingerprint density at radius 1 is 1.23 bits per heavy atom. The monoisotopic (exact) mass is 307 g/mol. The normalized spacial score (nSPS) is 11.5. The van der Waals surface area contributed by atoms with Crippen LogP contribution in [0.25, 0.3) is 10.9 Å². The first-order valence-electron chi connectivity index (χ1n) is 6.78. The van der Waals surface area contributed by atoms with Crippen LogP contribution in [0.1, 0.15) is 36.8 Å². The second-order valence-corrected chi connectivity index (χ2v) is 5.93. The Labute approximate surface area is 127 Å². The molecule has 0 unspecified atom stereocenters. The van der Waals surface area contributed by atoms with Crippen molar-refractivity contribution in [1.29, 1.82) is 0 Å². The van der Waals surface area contributed by atoms with Gasteiger partial charge in [-0.2, -0.15) is 0 Å². The smallest absolute Gasteiger partial charge is 0.419 e. The van der Waals surface area contributed by atoms with E-state index in [0.29, 0.717) is 16.6 Å². The third-order valence-corrected chi connectivity index (χ3v) is 3.13. The number of carbonyl (C=O) groups excluding carboxylic acids is 2. The van der Waals surface area contributed by atoms with E-state index in [2.05, 4.69) is 0 Å². The third kappa shape index (κ3) is 2.81. The van der Waals surface area contributed by atoms with Gasteiger partial charge in [-0.15, -0.1) is 0 Å². The maximum Gasteiger partial charge on any atom is 0.419 e. The summed E-state index contributed by atoms with van der Waals surface area (Å²) in [6.07, 6.45) is -0.628. The zero-order valence-electron chi connectivity index (χ0n) is 13.2. The van der Waals surface area contributed by atoms with Crippen molar-refractivity contribution in [2.75, 3.05) is 7.11 Å². The summed E-state index contributed by atoms with van der Waals surface area (Å²) in [6.45, 7) is 6.82. The lowest BCUT2D eigenvalue weighted by Crippen LogP contribution is -2.27. The number of halogens is 1. The summed E-state index contributed by atoms with van der Waals surface area (Å²) in [5, 5.41) is 0.315. The second-order valence-electron chi connectivity index (χ2n) is 5.93. The van der Waals surface area contributed by atoms with Crippen LogP contribution in [0.4, 0.5) is 9.18 Å². The number of fused-ring (bicyclic) bond motifs is 1. The van der Waals surface area contributed by atoms with Gasteiger partial charge in [0, 0.05) is 11.1 Å². The molecule has 0 N–H and O–H groups in total. The second kappa shape index (κ2) is 5.44. The first-order chi connectivity index (χ1) is 10.2. The molecule has 0 atom stereocenters. The molecule has 0 fully saturated rings. The van der Waals surface area contributed by atoms with Crippen molar-refractivity contribution in [3.05, 3.63) is 35.3 Å². The molecule has 0 saturated carbocycles. The third-order valence-electron chi connectivity index (χ3n) is 3.13. The average molecular weight is 307 g/mol. The summed E-state index contributed by atoms with van der Waals surface area (Å²) in [7, 11) is 1.23. The van der Waals surface area contributed by atoms with E-state index in [1.807, 2.05) is 0 Å². The summed E-state index contributed by atoms with van der Waals surface area (Å²) in [4.78, 5) is 24.4. The summed E-state index contributed by atoms with van der Waals surface area (Å²) >= 11 is 0. The van der Waals surface area contributed by atoms with E-state index >= 15 is 0 Å². The number of benzene rings is 1. The fourth-order valence-corrected chi connectivity index (χ4v) is 2.29. The molecule has 0 spiro atoms. The molecular weight excluding hydrogens is 289 g/mol. The van der Waals surface area contributed by atoms with E-state index in [4.69, 9.17) is 9.47 Å². The molecule has 2 aromatic rings. The Morgan fingerprint density at radius 3 is 2.41 bits per heavy atom. The van der Waals surface area contributed by atoms with Crippen molar-refractivity contribution in [3.8, 4) is 0 Å². The van der Waals surface area contributed by atoms with Gasteiger partial charge in [-0.1, -0.05) is 0 Å². The van der Waals surface area contributed by atoms with E-state index in [9.17, 15) is 14.0 Å². The minimum atomic E-state index is -0.689. The molecule has 5 nitrogen and oxygen atoms in total. The predicted molar refractivity (Wildman–Crippen MR) is 79.6 cm³/mol. The van der Waals surface area contributed by atoms with Crippen LogP contribution >= 0.6 is 0 Å². The fraction of sp³-hybridized carbons (Fsp3) is 0.375. The molecule has 0 aliphatic rings. The zero-order chi connectivity index (χ0) is 16.7. The van der Waals surface area contributed by atoms with Crippen LogP contribution in [-0.4, -0.2) is 29.3 Å². The lowest BCUT2D eigenvalue weighted by Gasteiger charge is -2.20. The minimum absolute atomic E-state index is 0.155. The Kier molecular flexibility index (Phi) is 3.96. The van der Waals surface area contributed by atoms with E-state index in [1.165, 1.54) is 29.9 Å². The molecular formula is C16H18FNO4. The zero-order valence-corrected chi connectivity index (χ0v) is 13.2. The maximum atomic E-state index is 13.5. The molecule has 6 heteroatoms. The highest BCUT2D eigenvalue weighted by Gasteiger charge is 2.27. The van der Waals surface area contributed by atoms with Crippen LogP contribution in [0.3, 0.4) is 0 Å². The lowest BCUT2D eigenvalue weighted by molar-refractivity contribution is 0.0541. The number of aromatic nitrogens is 1. The van der Waals surface area contributed by atoms with Gasteiger partial charge in [-0.25, -0.2) is 18.5 Å². The summed E-state index contributed by atoms with van der Waals surface area (Å²) in [5.41, 5.74) is 0.212. The topological polar surface area (TPSA) is 57.5 Å². The van der Waals surface area contributed by atoms with Crippen molar-refractivity contribution < 1.29 is 23.5 Å². The number of methoxy groups -OCH3 is 1. The van der Waals surface area contributed by atoms with Crippen molar-refractivity contribution in [2.45, 2.75) is 33.3 Å². The standard InChI is InChI=1S/C16H18FNO4/c1-9-13(14(19)21-5)11-8-10(17)6-7-12(11)18(9)15(20)22-16(2,3)4/h6-8H,1-5H3. The van der Waals surface area contributed by atoms with Crippen LogP contribution in [0.2, 0.25) is 0 Å². The molecule has 1 aromatic heterocycles. The summed E-state index contributed by atoms with van der Waals surface area (Å²) in [6, 6.07) is 3.87. The predicted octanol–water partition coefficient (Wildman–Crippen LogP) is 3.66. The van der Waals surface area contributed by atoms with Gasteiger partial charge < -0.3 is 9.47 Å². The van der Waals surface area contributed by atoms with Gasteiger partial charge in [0.1, 0.15) is 11.4 Å². The van der Waals surface area contributed by atoms with Gasteiger partial charge >= 0.3 is 12.1 Å². The Hall–Kier alpha value is -2.37. The van der Waals surface area contributed by atoms with Crippen LogP contribution in [-0.2, 0) is 9.47 Å². The number of hydrogen-bond donors (Lipinski definition) is 0. The molecule has 2 rings (SSSR count). The maximum absolute atomic E-state index is 13.5. The number of ether oxygens (including phenoxy) is 2. The molecule has 1 heterocycles. The van der Waals surface area contributed by atoms with Gasteiger partial charge in [-0.05, 0) is 45.9 Å². The van der Waals surface area contributed by atoms with E-state index in [1.54, 1.807) is 27.7 Å². The van der Waals surface area contributed by atoms with Gasteiger partial charge in [0.15, 0.2) is 0 Å². The molecule has 0 aliphatic heterocycles. The van der Waals surface area contributed by atoms with Gasteiger partial charge in [0.2, 0.25) is 0 Å². The largest absolute Gasteiger partial charge is 0.465 e. The molecule has 0 radical (unpaired) electrons. The number of rotatable bonds is 1. The first kappa shape index (κ1) is 16.0. The highest BCUT2D eigenvalue weighted by molar-refractivity contribution is 6.08. The molecule has 0 aliphatic carbocycles. The fourth-order valence-electron chi connectivity index (χ4n) is 2.29. The van der Waals surface area contributed by atoms with E-state index in [0.717, 1.165) is 0 Å². The molecule has 0 bridgehead atoms. The molecule has 0 amide bonds. The van der Waals surface area contributed by atoms with Crippen molar-refractivity contribution in [1.82, 2.24) is 4.57 Å². The van der Waals surface area contributed by atoms with E-state index in [-0.39, 0.29) is 5.56 Å². The molecule has 22 heavy (non-hydrogen) atoms. The summed E-state index contributed by atoms with van der Waals surface area (Å²) < 4.78 is 24.9. The molecule has 1 aromatic carbocycles. The van der Waals surface area contributed by atoms with E-state index < -0.39 is 23.5 Å². The molecule has 0 saturated heterocycles. The quantitative estimate of drug-likeness (QED) is 0.754. The number of carbonyl (C=O) groups is 2. The number of nitrogens with zero attached hydrogens (tertiary/aromatic N) is 1. The highest BCUT2D eigenvalue weighted by atomic mass is 19.1. The van der Waals surface area contributed by atoms with Gasteiger partial charge in [0.05, 0.1) is 18.2 Å². The molecule has 118 valence electrons. The van der Waals surface area contributed by atoms with Crippen LogP contribution in [0.15, 0.2) is 18.2 Å². The van der Waals surface area contributed by atoms with Crippen molar-refractivity contribution >= 4 is 23.0 Å². The van der Waals surface area contributed by atoms with Crippen LogP contribution in [0, 0.1) is 12.7 Å². The first-order valence-corrected chi connectivity index (χ1v) is 6.78. The Morgan fingerprint density at radius 2 is 1.86 bits per heavy atom.